The van der Waals surface area contributed by atoms with E-state index in [1.807, 2.05) is 13.0 Å². The summed E-state index contributed by atoms with van der Waals surface area (Å²) in [5.41, 5.74) is 2.01. The van der Waals surface area contributed by atoms with Gasteiger partial charge < -0.3 is 9.40 Å². The van der Waals surface area contributed by atoms with E-state index in [-0.39, 0.29) is 5.41 Å². The van der Waals surface area contributed by atoms with Crippen molar-refractivity contribution in [3.63, 3.8) is 0 Å². The molecule has 0 aliphatic rings. The number of aryl methyl sites for hydroxylation is 1. The van der Waals surface area contributed by atoms with Gasteiger partial charge in [0, 0.05) is 11.1 Å². The van der Waals surface area contributed by atoms with Crippen LogP contribution in [0.4, 0.5) is 0 Å². The van der Waals surface area contributed by atoms with E-state index in [1.165, 1.54) is 0 Å². The fourth-order valence-electron chi connectivity index (χ4n) is 1.70. The Bertz CT molecular complexity index is 637. The lowest BCUT2D eigenvalue weighted by Gasteiger charge is -2.21. The van der Waals surface area contributed by atoms with E-state index in [9.17, 15) is 0 Å². The molecule has 1 N–H and O–H groups in total. The zero-order chi connectivity index (χ0) is 13.5. The monoisotopic (exact) mass is 326 g/mol. The first-order valence-electron chi connectivity index (χ1n) is 5.65. The van der Waals surface area contributed by atoms with Gasteiger partial charge in [-0.3, -0.25) is 0 Å². The normalized spacial score (nSPS) is 11.8. The van der Waals surface area contributed by atoms with Crippen molar-refractivity contribution in [2.45, 2.75) is 33.1 Å². The molecular weight excluding hydrogens is 312 g/mol. The number of aromatic amines is 1. The molecule has 0 aromatic carbocycles. The molecule has 2 rings (SSSR count). The van der Waals surface area contributed by atoms with E-state index in [2.05, 4.69) is 46.7 Å². The second kappa shape index (κ2) is 4.63. The highest BCUT2D eigenvalue weighted by Crippen LogP contribution is 2.31. The number of rotatable bonds is 1. The molecule has 2 aromatic heterocycles. The zero-order valence-corrected chi connectivity index (χ0v) is 13.2. The average molecular weight is 327 g/mol. The Morgan fingerprint density at radius 3 is 2.56 bits per heavy atom. The van der Waals surface area contributed by atoms with Crippen molar-refractivity contribution in [3.05, 3.63) is 32.7 Å². The second-order valence-corrected chi connectivity index (χ2v) is 6.44. The highest BCUT2D eigenvalue weighted by molar-refractivity contribution is 9.10. The minimum Gasteiger partial charge on any atom is -0.461 e. The predicted molar refractivity (Wildman–Crippen MR) is 78.3 cm³/mol. The van der Waals surface area contributed by atoms with E-state index in [0.29, 0.717) is 10.5 Å². The Kier molecular flexibility index (Phi) is 3.47. The van der Waals surface area contributed by atoms with Crippen LogP contribution in [0.3, 0.4) is 0 Å². The van der Waals surface area contributed by atoms with Crippen molar-refractivity contribution in [1.29, 1.82) is 0 Å². The molecule has 0 radical (unpaired) electrons. The summed E-state index contributed by atoms with van der Waals surface area (Å²) < 4.78 is 6.85. The number of furan rings is 1. The fourth-order valence-corrected chi connectivity index (χ4v) is 2.67. The van der Waals surface area contributed by atoms with Crippen molar-refractivity contribution >= 4 is 28.1 Å². The molecule has 0 fully saturated rings. The maximum atomic E-state index is 5.46. The van der Waals surface area contributed by atoms with E-state index >= 15 is 0 Å². The van der Waals surface area contributed by atoms with Gasteiger partial charge in [-0.15, -0.1) is 0 Å². The molecule has 3 nitrogen and oxygen atoms in total. The van der Waals surface area contributed by atoms with Crippen LogP contribution in [0.15, 0.2) is 21.2 Å². The van der Waals surface area contributed by atoms with Gasteiger partial charge in [0.1, 0.15) is 4.64 Å². The molecule has 0 saturated carbocycles. The van der Waals surface area contributed by atoms with Gasteiger partial charge in [-0.2, -0.15) is 0 Å². The van der Waals surface area contributed by atoms with Gasteiger partial charge in [0.05, 0.1) is 10.7 Å². The molecule has 0 unspecified atom stereocenters. The fraction of sp³-hybridized carbons (Fsp3) is 0.385. The van der Waals surface area contributed by atoms with Gasteiger partial charge in [-0.1, -0.05) is 33.0 Å². The molecule has 5 heteroatoms. The lowest BCUT2D eigenvalue weighted by atomic mass is 9.92. The maximum absolute atomic E-state index is 5.46. The van der Waals surface area contributed by atoms with Crippen LogP contribution in [0.25, 0.3) is 11.6 Å². The summed E-state index contributed by atoms with van der Waals surface area (Å²) in [6.07, 6.45) is 1.65. The van der Waals surface area contributed by atoms with Crippen molar-refractivity contribution < 1.29 is 4.42 Å². The van der Waals surface area contributed by atoms with E-state index < -0.39 is 0 Å². The summed E-state index contributed by atoms with van der Waals surface area (Å²) >= 11 is 8.80. The molecule has 0 saturated heterocycles. The van der Waals surface area contributed by atoms with Crippen molar-refractivity contribution in [2.75, 3.05) is 0 Å². The standard InChI is InChI=1S/C13H15BrN2OS/c1-7-5-6-17-9(7)11-15-10(13(2,3)4)8(14)12(18)16-11/h5-6H,1-4H3,(H,15,16,18). The number of H-pyrrole nitrogens is 1. The SMILES string of the molecule is Cc1ccoc1-c1nc(=S)c(Br)c(C(C)(C)C)[nH]1. The molecule has 0 bridgehead atoms. The Labute approximate surface area is 120 Å². The molecule has 18 heavy (non-hydrogen) atoms. The van der Waals surface area contributed by atoms with Crippen LogP contribution >= 0.6 is 28.1 Å². The molecule has 0 aliphatic heterocycles. The van der Waals surface area contributed by atoms with Crippen LogP contribution < -0.4 is 0 Å². The summed E-state index contributed by atoms with van der Waals surface area (Å²) in [4.78, 5) is 7.69. The van der Waals surface area contributed by atoms with E-state index in [0.717, 1.165) is 21.5 Å². The lowest BCUT2D eigenvalue weighted by Crippen LogP contribution is -2.16. The molecule has 2 heterocycles. The summed E-state index contributed by atoms with van der Waals surface area (Å²) in [5.74, 6) is 1.41. The van der Waals surface area contributed by atoms with Crippen LogP contribution in [0.5, 0.6) is 0 Å². The van der Waals surface area contributed by atoms with Crippen LogP contribution in [0.1, 0.15) is 32.0 Å². The molecular formula is C13H15BrN2OS. The topological polar surface area (TPSA) is 41.8 Å². The molecule has 2 aromatic rings. The number of halogens is 1. The summed E-state index contributed by atoms with van der Waals surface area (Å²) in [6.45, 7) is 8.35. The van der Waals surface area contributed by atoms with Gasteiger partial charge in [0.2, 0.25) is 0 Å². The largest absolute Gasteiger partial charge is 0.461 e. The Morgan fingerprint density at radius 1 is 1.39 bits per heavy atom. The summed E-state index contributed by atoms with van der Waals surface area (Å²) in [7, 11) is 0. The van der Waals surface area contributed by atoms with Gasteiger partial charge >= 0.3 is 0 Å². The number of hydrogen-bond acceptors (Lipinski definition) is 3. The number of nitrogens with zero attached hydrogens (tertiary/aromatic N) is 1. The quantitative estimate of drug-likeness (QED) is 0.767. The van der Waals surface area contributed by atoms with E-state index in [4.69, 9.17) is 16.6 Å². The molecule has 0 atom stereocenters. The average Bonchev–Trinajstić information content (AvgIpc) is 2.66. The van der Waals surface area contributed by atoms with Crippen molar-refractivity contribution in [1.82, 2.24) is 9.97 Å². The highest BCUT2D eigenvalue weighted by atomic mass is 79.9. The van der Waals surface area contributed by atoms with Crippen LogP contribution in [-0.4, -0.2) is 9.97 Å². The summed E-state index contributed by atoms with van der Waals surface area (Å²) in [6, 6.07) is 1.91. The maximum Gasteiger partial charge on any atom is 0.175 e. The lowest BCUT2D eigenvalue weighted by molar-refractivity contribution is 0.553. The van der Waals surface area contributed by atoms with Crippen LogP contribution in [-0.2, 0) is 5.41 Å². The van der Waals surface area contributed by atoms with Crippen molar-refractivity contribution in [3.8, 4) is 11.6 Å². The smallest absolute Gasteiger partial charge is 0.175 e. The third-order valence-corrected chi connectivity index (χ3v) is 4.02. The molecule has 96 valence electrons. The number of hydrogen-bond donors (Lipinski definition) is 1. The third kappa shape index (κ3) is 2.42. The zero-order valence-electron chi connectivity index (χ0n) is 10.8. The number of aromatic nitrogens is 2. The predicted octanol–water partition coefficient (Wildman–Crippen LogP) is 4.77. The van der Waals surface area contributed by atoms with Gasteiger partial charge in [-0.05, 0) is 34.5 Å². The molecule has 0 spiro atoms. The highest BCUT2D eigenvalue weighted by Gasteiger charge is 2.21. The first kappa shape index (κ1) is 13.5. The minimum atomic E-state index is -0.0510. The first-order valence-corrected chi connectivity index (χ1v) is 6.85. The second-order valence-electron chi connectivity index (χ2n) is 5.26. The third-order valence-electron chi connectivity index (χ3n) is 2.69. The Hall–Kier alpha value is -0.940. The van der Waals surface area contributed by atoms with Gasteiger partial charge in [0.15, 0.2) is 11.6 Å². The van der Waals surface area contributed by atoms with Crippen LogP contribution in [0, 0.1) is 11.6 Å². The van der Waals surface area contributed by atoms with Crippen molar-refractivity contribution in [2.24, 2.45) is 0 Å². The van der Waals surface area contributed by atoms with Gasteiger partial charge in [0.25, 0.3) is 0 Å². The minimum absolute atomic E-state index is 0.0510. The van der Waals surface area contributed by atoms with Gasteiger partial charge in [-0.25, -0.2) is 4.98 Å². The number of nitrogens with one attached hydrogen (secondary N) is 1. The summed E-state index contributed by atoms with van der Waals surface area (Å²) in [5, 5.41) is 0. The van der Waals surface area contributed by atoms with Crippen LogP contribution in [0.2, 0.25) is 0 Å². The molecule has 0 aliphatic carbocycles. The molecule has 0 amide bonds. The Morgan fingerprint density at radius 2 is 2.06 bits per heavy atom. The van der Waals surface area contributed by atoms with E-state index in [1.54, 1.807) is 6.26 Å². The Balaban J connectivity index is 2.70. The first-order chi connectivity index (χ1) is 8.30.